The van der Waals surface area contributed by atoms with E-state index in [1.54, 1.807) is 0 Å². The van der Waals surface area contributed by atoms with E-state index in [0.29, 0.717) is 39.5 Å². The van der Waals surface area contributed by atoms with Crippen LogP contribution in [0.25, 0.3) is 0 Å². The minimum atomic E-state index is -0.137. The van der Waals surface area contributed by atoms with E-state index in [4.69, 9.17) is 9.47 Å². The maximum absolute atomic E-state index is 11.0. The average molecular weight is 389 g/mol. The molecule has 0 bridgehead atoms. The molecule has 2 amide bonds. The van der Waals surface area contributed by atoms with E-state index < -0.39 is 0 Å². The number of hydrogen-bond donors (Lipinski definition) is 2. The summed E-state index contributed by atoms with van der Waals surface area (Å²) < 4.78 is 11.3. The molecule has 0 saturated carbocycles. The summed E-state index contributed by atoms with van der Waals surface area (Å²) in [4.78, 5) is 22.0. The first-order valence-corrected chi connectivity index (χ1v) is 9.69. The van der Waals surface area contributed by atoms with E-state index in [-0.39, 0.29) is 11.8 Å². The summed E-state index contributed by atoms with van der Waals surface area (Å²) in [7, 11) is 0. The lowest BCUT2D eigenvalue weighted by Gasteiger charge is -2.07. The molecule has 0 spiro atoms. The number of rotatable bonds is 16. The lowest BCUT2D eigenvalue weighted by molar-refractivity contribution is -0.117. The van der Waals surface area contributed by atoms with Crippen molar-refractivity contribution in [2.45, 2.75) is 38.9 Å². The first-order chi connectivity index (χ1) is 13.7. The Morgan fingerprint density at radius 2 is 1.14 bits per heavy atom. The second kappa shape index (κ2) is 15.6. The third kappa shape index (κ3) is 12.0. The van der Waals surface area contributed by atoms with Crippen LogP contribution < -0.4 is 10.6 Å². The number of benzene rings is 1. The summed E-state index contributed by atoms with van der Waals surface area (Å²) in [5.74, 6) is -0.274. The second-order valence-electron chi connectivity index (χ2n) is 6.33. The van der Waals surface area contributed by atoms with Gasteiger partial charge >= 0.3 is 0 Å². The topological polar surface area (TPSA) is 76.7 Å². The molecule has 6 nitrogen and oxygen atoms in total. The Morgan fingerprint density at radius 3 is 1.50 bits per heavy atom. The summed E-state index contributed by atoms with van der Waals surface area (Å²) in [5, 5.41) is 5.48. The average Bonchev–Trinajstić information content (AvgIpc) is 2.72. The van der Waals surface area contributed by atoms with Crippen LogP contribution in [0.4, 0.5) is 0 Å². The van der Waals surface area contributed by atoms with Crippen LogP contribution in [-0.4, -0.2) is 38.1 Å². The van der Waals surface area contributed by atoms with Crippen molar-refractivity contribution in [3.63, 3.8) is 0 Å². The van der Waals surface area contributed by atoms with Crippen LogP contribution in [0, 0.1) is 0 Å². The van der Waals surface area contributed by atoms with Crippen molar-refractivity contribution < 1.29 is 19.1 Å². The number of carbonyl (C=O) groups excluding carboxylic acids is 2. The Labute approximate surface area is 168 Å². The van der Waals surface area contributed by atoms with Crippen molar-refractivity contribution in [1.82, 2.24) is 10.6 Å². The Morgan fingerprint density at radius 1 is 0.750 bits per heavy atom. The Bertz CT molecular complexity index is 546. The minimum absolute atomic E-state index is 0.137. The largest absolute Gasteiger partial charge is 0.377 e. The fourth-order valence-corrected chi connectivity index (χ4v) is 2.34. The summed E-state index contributed by atoms with van der Waals surface area (Å²) >= 11 is 0. The highest BCUT2D eigenvalue weighted by Crippen LogP contribution is 2.08. The van der Waals surface area contributed by atoms with Gasteiger partial charge in [-0.3, -0.25) is 9.59 Å². The zero-order valence-electron chi connectivity index (χ0n) is 16.6. The van der Waals surface area contributed by atoms with Crippen molar-refractivity contribution in [3.05, 3.63) is 60.7 Å². The number of carbonyl (C=O) groups is 2. The highest BCUT2D eigenvalue weighted by atomic mass is 16.5. The zero-order chi connectivity index (χ0) is 20.5. The minimum Gasteiger partial charge on any atom is -0.377 e. The van der Waals surface area contributed by atoms with E-state index in [2.05, 4.69) is 23.8 Å². The van der Waals surface area contributed by atoms with Gasteiger partial charge in [-0.15, -0.1) is 0 Å². The number of nitrogens with one attached hydrogen (secondary N) is 2. The van der Waals surface area contributed by atoms with Crippen molar-refractivity contribution >= 4 is 11.8 Å². The summed E-state index contributed by atoms with van der Waals surface area (Å²) in [5.41, 5.74) is 2.25. The normalized spacial score (nSPS) is 10.3. The van der Waals surface area contributed by atoms with E-state index in [0.717, 1.165) is 36.8 Å². The van der Waals surface area contributed by atoms with Crippen LogP contribution in [0.1, 0.15) is 36.8 Å². The fraction of sp³-hybridized carbons (Fsp3) is 0.455. The van der Waals surface area contributed by atoms with Gasteiger partial charge in [-0.2, -0.15) is 0 Å². The SMILES string of the molecule is C=CC(=O)NCCCCOCc1ccc(COCCCCNC(=O)C=C)cc1. The lowest BCUT2D eigenvalue weighted by atomic mass is 10.1. The molecule has 1 rings (SSSR count). The molecular weight excluding hydrogens is 356 g/mol. The van der Waals surface area contributed by atoms with E-state index >= 15 is 0 Å². The molecule has 0 fully saturated rings. The third-order valence-corrected chi connectivity index (χ3v) is 3.96. The first kappa shape index (κ1) is 23.6. The number of unbranched alkanes of at least 4 members (excludes halogenated alkanes) is 2. The molecule has 28 heavy (non-hydrogen) atoms. The molecule has 0 atom stereocenters. The summed E-state index contributed by atoms with van der Waals surface area (Å²) in [6, 6.07) is 8.20. The predicted octanol–water partition coefficient (Wildman–Crippen LogP) is 2.88. The van der Waals surface area contributed by atoms with E-state index in [9.17, 15) is 9.59 Å². The van der Waals surface area contributed by atoms with E-state index in [1.807, 2.05) is 24.3 Å². The molecule has 1 aromatic rings. The van der Waals surface area contributed by atoms with Gasteiger partial charge in [0.1, 0.15) is 0 Å². The molecule has 154 valence electrons. The molecule has 6 heteroatoms. The molecule has 1 aromatic carbocycles. The van der Waals surface area contributed by atoms with Crippen molar-refractivity contribution in [3.8, 4) is 0 Å². The highest BCUT2D eigenvalue weighted by Gasteiger charge is 1.98. The number of amides is 2. The maximum Gasteiger partial charge on any atom is 0.243 e. The second-order valence-corrected chi connectivity index (χ2v) is 6.33. The van der Waals surface area contributed by atoms with Crippen LogP contribution in [0.15, 0.2) is 49.6 Å². The Hall–Kier alpha value is -2.44. The van der Waals surface area contributed by atoms with Gasteiger partial charge in [0.2, 0.25) is 11.8 Å². The highest BCUT2D eigenvalue weighted by molar-refractivity contribution is 5.87. The molecule has 0 aliphatic carbocycles. The fourth-order valence-electron chi connectivity index (χ4n) is 2.34. The van der Waals surface area contributed by atoms with Gasteiger partial charge in [0, 0.05) is 26.3 Å². The summed E-state index contributed by atoms with van der Waals surface area (Å²) in [6.45, 7) is 10.6. The van der Waals surface area contributed by atoms with Crippen molar-refractivity contribution in [2.24, 2.45) is 0 Å². The van der Waals surface area contributed by atoms with Crippen LogP contribution in [0.2, 0.25) is 0 Å². The van der Waals surface area contributed by atoms with Crippen LogP contribution in [0.3, 0.4) is 0 Å². The smallest absolute Gasteiger partial charge is 0.243 e. The molecule has 0 radical (unpaired) electrons. The molecule has 0 saturated heterocycles. The van der Waals surface area contributed by atoms with E-state index in [1.165, 1.54) is 12.2 Å². The molecule has 0 unspecified atom stereocenters. The maximum atomic E-state index is 11.0. The Balaban J connectivity index is 2.03. The Kier molecular flexibility index (Phi) is 13.1. The van der Waals surface area contributed by atoms with Crippen molar-refractivity contribution in [2.75, 3.05) is 26.3 Å². The molecule has 0 aliphatic heterocycles. The standard InChI is InChI=1S/C22H32N2O4/c1-3-21(25)23-13-5-7-15-27-17-19-9-11-20(12-10-19)18-28-16-8-6-14-24-22(26)4-2/h3-4,9-12H,1-2,5-8,13-18H2,(H,23,25)(H,24,26). The molecular formula is C22H32N2O4. The van der Waals surface area contributed by atoms with Gasteiger partial charge < -0.3 is 20.1 Å². The number of hydrogen-bond acceptors (Lipinski definition) is 4. The van der Waals surface area contributed by atoms with Crippen LogP contribution in [-0.2, 0) is 32.3 Å². The van der Waals surface area contributed by atoms with Crippen molar-refractivity contribution in [1.29, 1.82) is 0 Å². The molecule has 0 aliphatic rings. The van der Waals surface area contributed by atoms with Crippen LogP contribution >= 0.6 is 0 Å². The van der Waals surface area contributed by atoms with Gasteiger partial charge in [-0.05, 0) is 49.0 Å². The van der Waals surface area contributed by atoms with Crippen LogP contribution in [0.5, 0.6) is 0 Å². The zero-order valence-corrected chi connectivity index (χ0v) is 16.6. The number of ether oxygens (including phenoxy) is 2. The van der Waals surface area contributed by atoms with Gasteiger partial charge in [-0.25, -0.2) is 0 Å². The first-order valence-electron chi connectivity index (χ1n) is 9.69. The predicted molar refractivity (Wildman–Crippen MR) is 111 cm³/mol. The van der Waals surface area contributed by atoms with Gasteiger partial charge in [-0.1, -0.05) is 37.4 Å². The van der Waals surface area contributed by atoms with Gasteiger partial charge in [0.15, 0.2) is 0 Å². The molecule has 0 heterocycles. The lowest BCUT2D eigenvalue weighted by Crippen LogP contribution is -2.22. The third-order valence-electron chi connectivity index (χ3n) is 3.96. The quantitative estimate of drug-likeness (QED) is 0.337. The monoisotopic (exact) mass is 388 g/mol. The van der Waals surface area contributed by atoms with Gasteiger partial charge in [0.05, 0.1) is 13.2 Å². The van der Waals surface area contributed by atoms with Gasteiger partial charge in [0.25, 0.3) is 0 Å². The molecule has 0 aromatic heterocycles. The summed E-state index contributed by atoms with van der Waals surface area (Å²) in [6.07, 6.45) is 6.13. The molecule has 2 N–H and O–H groups in total.